The molecular weight excluding hydrogens is 360 g/mol. The zero-order chi connectivity index (χ0) is 17.6. The minimum absolute atomic E-state index is 0.0153. The first-order valence-corrected chi connectivity index (χ1v) is 8.76. The molecule has 25 heavy (non-hydrogen) atoms. The van der Waals surface area contributed by atoms with Crippen LogP contribution in [0.2, 0.25) is 5.02 Å². The van der Waals surface area contributed by atoms with Crippen molar-refractivity contribution in [2.75, 3.05) is 0 Å². The smallest absolute Gasteiger partial charge is 0.378 e. The number of thiophene rings is 1. The summed E-state index contributed by atoms with van der Waals surface area (Å²) in [6.45, 7) is 3.82. The summed E-state index contributed by atoms with van der Waals surface area (Å²) in [7, 11) is 0. The van der Waals surface area contributed by atoms with Gasteiger partial charge in [0.2, 0.25) is 0 Å². The fraction of sp³-hybridized carbons (Fsp3) is 0.176. The second-order valence-electron chi connectivity index (χ2n) is 5.60. The lowest BCUT2D eigenvalue weighted by Gasteiger charge is -2.00. The van der Waals surface area contributed by atoms with Crippen LogP contribution in [0.15, 0.2) is 30.3 Å². The summed E-state index contributed by atoms with van der Waals surface area (Å²) in [5.41, 5.74) is 1.66. The molecule has 0 amide bonds. The van der Waals surface area contributed by atoms with E-state index in [0.29, 0.717) is 10.8 Å². The van der Waals surface area contributed by atoms with E-state index in [1.807, 2.05) is 44.2 Å². The van der Waals surface area contributed by atoms with Crippen LogP contribution < -0.4 is 0 Å². The number of benzene rings is 1. The molecule has 0 bridgehead atoms. The van der Waals surface area contributed by atoms with Crippen LogP contribution in [0.1, 0.15) is 26.9 Å². The largest absolute Gasteiger partial charge is 0.454 e. The fourth-order valence-electron chi connectivity index (χ4n) is 2.61. The first-order valence-electron chi connectivity index (χ1n) is 7.57. The summed E-state index contributed by atoms with van der Waals surface area (Å²) in [6.07, 6.45) is 0. The van der Waals surface area contributed by atoms with Crippen molar-refractivity contribution in [3.8, 4) is 0 Å². The van der Waals surface area contributed by atoms with Gasteiger partial charge >= 0.3 is 5.97 Å². The van der Waals surface area contributed by atoms with E-state index in [-0.39, 0.29) is 12.4 Å². The monoisotopic (exact) mass is 372 g/mol. The van der Waals surface area contributed by atoms with E-state index in [9.17, 15) is 4.79 Å². The fourth-order valence-corrected chi connectivity index (χ4v) is 4.01. The molecule has 0 N–H and O–H groups in total. The highest BCUT2D eigenvalue weighted by Crippen LogP contribution is 2.35. The molecule has 3 heterocycles. The highest BCUT2D eigenvalue weighted by molar-refractivity contribution is 7.19. The van der Waals surface area contributed by atoms with Crippen molar-refractivity contribution in [2.45, 2.75) is 20.5 Å². The number of esters is 1. The lowest BCUT2D eigenvalue weighted by atomic mass is 10.2. The lowest BCUT2D eigenvalue weighted by Crippen LogP contribution is -2.07. The Morgan fingerprint density at radius 3 is 2.88 bits per heavy atom. The van der Waals surface area contributed by atoms with Gasteiger partial charge in [0.15, 0.2) is 0 Å². The molecule has 0 aliphatic heterocycles. The maximum absolute atomic E-state index is 12.3. The van der Waals surface area contributed by atoms with Gasteiger partial charge < -0.3 is 4.74 Å². The Kier molecular flexibility index (Phi) is 3.89. The highest BCUT2D eigenvalue weighted by atomic mass is 35.5. The van der Waals surface area contributed by atoms with Gasteiger partial charge in [-0.25, -0.2) is 14.3 Å². The Balaban J connectivity index is 1.57. The number of aryl methyl sites for hydroxylation is 2. The average molecular weight is 373 g/mol. The van der Waals surface area contributed by atoms with Gasteiger partial charge in [-0.3, -0.25) is 0 Å². The van der Waals surface area contributed by atoms with Gasteiger partial charge in [0, 0.05) is 21.5 Å². The first-order chi connectivity index (χ1) is 12.0. The number of hydrogen-bond donors (Lipinski definition) is 0. The maximum Gasteiger partial charge on any atom is 0.378 e. The van der Waals surface area contributed by atoms with E-state index in [4.69, 9.17) is 16.3 Å². The SMILES string of the molecule is Cc1cc(C)n2nc(C(=O)OCc3sc4ccccc4c3Cl)nc2n1. The minimum Gasteiger partial charge on any atom is -0.454 e. The molecule has 126 valence electrons. The van der Waals surface area contributed by atoms with Crippen LogP contribution in [0.4, 0.5) is 0 Å². The number of ether oxygens (including phenoxy) is 1. The summed E-state index contributed by atoms with van der Waals surface area (Å²) < 4.78 is 7.92. The van der Waals surface area contributed by atoms with Crippen molar-refractivity contribution < 1.29 is 9.53 Å². The van der Waals surface area contributed by atoms with Crippen molar-refractivity contribution in [2.24, 2.45) is 0 Å². The third kappa shape index (κ3) is 2.85. The third-order valence-electron chi connectivity index (χ3n) is 3.74. The number of aromatic nitrogens is 4. The molecule has 6 nitrogen and oxygen atoms in total. The molecule has 0 aliphatic carbocycles. The van der Waals surface area contributed by atoms with Gasteiger partial charge in [0.05, 0.1) is 9.90 Å². The molecule has 0 aliphatic rings. The molecule has 0 radical (unpaired) electrons. The Morgan fingerprint density at radius 2 is 2.08 bits per heavy atom. The van der Waals surface area contributed by atoms with Gasteiger partial charge in [0.25, 0.3) is 11.6 Å². The summed E-state index contributed by atoms with van der Waals surface area (Å²) in [5.74, 6) is -0.237. The predicted octanol–water partition coefficient (Wildman–Crippen LogP) is 3.97. The quantitative estimate of drug-likeness (QED) is 0.509. The van der Waals surface area contributed by atoms with Crippen LogP contribution in [0.3, 0.4) is 0 Å². The molecule has 0 atom stereocenters. The van der Waals surface area contributed by atoms with Gasteiger partial charge in [-0.15, -0.1) is 16.4 Å². The molecule has 1 aromatic carbocycles. The summed E-state index contributed by atoms with van der Waals surface area (Å²) in [5, 5.41) is 5.74. The van der Waals surface area contributed by atoms with Gasteiger partial charge in [-0.2, -0.15) is 4.98 Å². The molecule has 0 fully saturated rings. The Hall–Kier alpha value is -2.51. The van der Waals surface area contributed by atoms with Crippen molar-refractivity contribution in [3.05, 3.63) is 57.4 Å². The summed E-state index contributed by atoms with van der Waals surface area (Å²) >= 11 is 7.87. The molecule has 4 rings (SSSR count). The zero-order valence-electron chi connectivity index (χ0n) is 13.5. The minimum atomic E-state index is -0.601. The molecule has 0 spiro atoms. The van der Waals surface area contributed by atoms with Crippen LogP contribution in [-0.4, -0.2) is 25.6 Å². The Labute approximate surface area is 152 Å². The number of carbonyl (C=O) groups excluding carboxylic acids is 1. The number of rotatable bonds is 3. The third-order valence-corrected chi connectivity index (χ3v) is 5.42. The Bertz CT molecular complexity index is 1120. The van der Waals surface area contributed by atoms with Crippen molar-refractivity contribution >= 4 is 44.8 Å². The van der Waals surface area contributed by atoms with Gasteiger partial charge in [-0.05, 0) is 26.0 Å². The van der Waals surface area contributed by atoms with E-state index >= 15 is 0 Å². The molecule has 0 unspecified atom stereocenters. The van der Waals surface area contributed by atoms with Crippen LogP contribution in [-0.2, 0) is 11.3 Å². The topological polar surface area (TPSA) is 69.4 Å². The van der Waals surface area contributed by atoms with Crippen molar-refractivity contribution in [1.29, 1.82) is 0 Å². The van der Waals surface area contributed by atoms with Crippen molar-refractivity contribution in [1.82, 2.24) is 19.6 Å². The molecule has 0 saturated carbocycles. The standard InChI is InChI=1S/C17H13ClN4O2S/c1-9-7-10(2)22-17(19-9)20-15(21-22)16(23)24-8-13-14(18)11-5-3-4-6-12(11)25-13/h3-7H,8H2,1-2H3. The van der Waals surface area contributed by atoms with Crippen LogP contribution in [0.5, 0.6) is 0 Å². The predicted molar refractivity (Wildman–Crippen MR) is 96.2 cm³/mol. The number of hydrogen-bond acceptors (Lipinski definition) is 6. The highest BCUT2D eigenvalue weighted by Gasteiger charge is 2.18. The summed E-state index contributed by atoms with van der Waals surface area (Å²) in [4.78, 5) is 21.5. The zero-order valence-corrected chi connectivity index (χ0v) is 15.1. The van der Waals surface area contributed by atoms with Crippen LogP contribution in [0, 0.1) is 13.8 Å². The number of halogens is 1. The van der Waals surface area contributed by atoms with Crippen LogP contribution >= 0.6 is 22.9 Å². The normalized spacial score (nSPS) is 11.3. The van der Waals surface area contributed by atoms with Gasteiger partial charge in [-0.1, -0.05) is 29.8 Å². The molecule has 0 saturated heterocycles. The number of fused-ring (bicyclic) bond motifs is 2. The van der Waals surface area contributed by atoms with E-state index in [0.717, 1.165) is 26.4 Å². The van der Waals surface area contributed by atoms with Crippen LogP contribution in [0.25, 0.3) is 15.9 Å². The molecule has 3 aromatic heterocycles. The number of carbonyl (C=O) groups is 1. The second kappa shape index (κ2) is 6.09. The van der Waals surface area contributed by atoms with E-state index in [1.54, 1.807) is 0 Å². The molecule has 4 aromatic rings. The van der Waals surface area contributed by atoms with E-state index in [2.05, 4.69) is 15.1 Å². The van der Waals surface area contributed by atoms with E-state index in [1.165, 1.54) is 15.9 Å². The van der Waals surface area contributed by atoms with E-state index < -0.39 is 5.97 Å². The number of nitrogens with zero attached hydrogens (tertiary/aromatic N) is 4. The lowest BCUT2D eigenvalue weighted by molar-refractivity contribution is 0.0463. The Morgan fingerprint density at radius 1 is 1.28 bits per heavy atom. The maximum atomic E-state index is 12.3. The molecule has 8 heteroatoms. The second-order valence-corrected chi connectivity index (χ2v) is 7.11. The average Bonchev–Trinajstić information content (AvgIpc) is 3.15. The van der Waals surface area contributed by atoms with Crippen molar-refractivity contribution in [3.63, 3.8) is 0 Å². The first kappa shape index (κ1) is 16.0. The molecular formula is C17H13ClN4O2S. The summed E-state index contributed by atoms with van der Waals surface area (Å²) in [6, 6.07) is 9.67. The van der Waals surface area contributed by atoms with Gasteiger partial charge in [0.1, 0.15) is 6.61 Å².